The second kappa shape index (κ2) is 33.8. The van der Waals surface area contributed by atoms with Crippen molar-refractivity contribution in [1.82, 2.24) is 29.9 Å². The molecule has 468 valence electrons. The van der Waals surface area contributed by atoms with Crippen LogP contribution in [0.1, 0.15) is 68.8 Å². The van der Waals surface area contributed by atoms with Gasteiger partial charge in [0.05, 0.1) is 45.6 Å². The molecule has 10 aromatic rings. The number of ether oxygens (including phenoxy) is 4. The number of hydrogen-bond acceptors (Lipinski definition) is 15. The van der Waals surface area contributed by atoms with Gasteiger partial charge >= 0.3 is 7.12 Å². The van der Waals surface area contributed by atoms with Gasteiger partial charge in [-0.05, 0) is 175 Å². The zero-order valence-electron chi connectivity index (χ0n) is 46.9. The number of alkyl halides is 2. The Labute approximate surface area is 530 Å². The molecule has 0 radical (unpaired) electrons. The van der Waals surface area contributed by atoms with E-state index in [0.717, 1.165) is 84.1 Å². The lowest BCUT2D eigenvalue weighted by Crippen LogP contribution is -2.41. The lowest BCUT2D eigenvalue weighted by molar-refractivity contribution is 0.00578. The number of halogens is 5. The third-order valence-corrected chi connectivity index (χ3v) is 13.9. The van der Waals surface area contributed by atoms with Gasteiger partial charge in [0.1, 0.15) is 89.9 Å². The van der Waals surface area contributed by atoms with E-state index in [1.807, 2.05) is 105 Å². The molecule has 3 N–H and O–H groups in total. The van der Waals surface area contributed by atoms with Crippen molar-refractivity contribution in [2.75, 3.05) is 39.8 Å². The maximum absolute atomic E-state index is 12.2. The molecular weight excluding hydrogens is 1190 g/mol. The van der Waals surface area contributed by atoms with Gasteiger partial charge in [-0.2, -0.15) is 0 Å². The first kappa shape index (κ1) is 73.1. The summed E-state index contributed by atoms with van der Waals surface area (Å²) in [6.07, 6.45) is 1.71. The van der Waals surface area contributed by atoms with Crippen molar-refractivity contribution in [1.29, 1.82) is 0 Å². The highest BCUT2D eigenvalue weighted by atomic mass is 35.5. The minimum Gasteiger partial charge on any atom is -0.508 e. The van der Waals surface area contributed by atoms with Crippen LogP contribution in [0, 0.1) is 13.8 Å². The fourth-order valence-corrected chi connectivity index (χ4v) is 8.29. The topological polar surface area (TPSA) is 197 Å². The Morgan fingerprint density at radius 1 is 0.534 bits per heavy atom. The van der Waals surface area contributed by atoms with E-state index in [9.17, 15) is 13.9 Å². The standard InChI is InChI=1S/C18H17FN2O2.C12H18BNO2.C12H11ClFNO2.C12H10ClNO2.C9H6ClNO.4CH4/c1-12-2-3-14(10-20-12)18-6-4-13-8-16(5-7-17(13)21-18)23-11-15(22)9-19;1-9-6-7-10(8-14-9)13-15-11(2,3)12(4,5)16-13;13-12-4-1-8-5-10(2-3-11(8)15-12)17-7-9(16)6-14;13-12-4-1-8-5-9(2-3-11(8)14-12)15-6-10-7-16-10;10-9-4-1-6-5-7(12)2-3-8(6)11-9;;;;/h2-8,10,15,22H,9,11H2,1H3;6-8H,1-5H3;1-5,9,16H,6-7H2;1-5,10H,6-7H2;1-5,12H;4*1H4/t15-;;9-;10-;;;;;/m1.11...../s1. The van der Waals surface area contributed by atoms with Gasteiger partial charge in [-0.1, -0.05) is 76.6 Å². The first-order valence-electron chi connectivity index (χ1n) is 26.7. The molecule has 2 fully saturated rings. The summed E-state index contributed by atoms with van der Waals surface area (Å²) in [6.45, 7) is 11.8. The number of epoxide rings is 1. The molecule has 0 unspecified atom stereocenters. The molecule has 4 aromatic carbocycles. The van der Waals surface area contributed by atoms with Crippen LogP contribution in [0.5, 0.6) is 23.0 Å². The number of aliphatic hydroxyl groups excluding tert-OH is 2. The molecule has 3 atom stereocenters. The van der Waals surface area contributed by atoms with E-state index < -0.39 is 25.6 Å². The highest BCUT2D eigenvalue weighted by Crippen LogP contribution is 2.36. The van der Waals surface area contributed by atoms with Gasteiger partial charge in [0.2, 0.25) is 0 Å². The van der Waals surface area contributed by atoms with Crippen LogP contribution in [0.3, 0.4) is 0 Å². The molecule has 0 amide bonds. The fourth-order valence-electron chi connectivity index (χ4n) is 7.82. The fraction of sp³-hybridized carbons (Fsp3) is 0.313. The SMILES string of the molecule is C.C.C.C.Cc1ccc(-c2ccc3cc(OC[C@H](O)CF)ccc3n2)cn1.Cc1ccc(B2OC(C)(C)C(C)(C)O2)cn1.Clc1ccc2cc(OC[C@@H]3CO3)ccc2n1.O[C@H](CF)COc1ccc2nc(Cl)ccc2c1.Oc1ccc2nc(Cl)ccc2c1. The number of phenolic OH excluding ortho intramolecular Hbond substituents is 1. The number of pyridine rings is 6. The van der Waals surface area contributed by atoms with E-state index in [1.54, 1.807) is 66.9 Å². The van der Waals surface area contributed by atoms with Crippen molar-refractivity contribution in [2.24, 2.45) is 0 Å². The smallest absolute Gasteiger partial charge is 0.496 e. The van der Waals surface area contributed by atoms with Crippen LogP contribution in [-0.2, 0) is 14.0 Å². The van der Waals surface area contributed by atoms with E-state index in [2.05, 4.69) is 57.6 Å². The van der Waals surface area contributed by atoms with Crippen molar-refractivity contribution < 1.29 is 52.4 Å². The zero-order valence-corrected chi connectivity index (χ0v) is 49.2. The Morgan fingerprint density at radius 3 is 1.36 bits per heavy atom. The summed E-state index contributed by atoms with van der Waals surface area (Å²) in [5.74, 6) is 2.23. The first-order chi connectivity index (χ1) is 40.2. The van der Waals surface area contributed by atoms with E-state index in [0.29, 0.717) is 33.6 Å². The number of phenols is 1. The molecule has 0 aliphatic carbocycles. The Bertz CT molecular complexity index is 3740. The number of aromatic hydroxyl groups is 1. The number of aliphatic hydroxyl groups is 2. The van der Waals surface area contributed by atoms with Gasteiger partial charge in [-0.15, -0.1) is 0 Å². The number of benzene rings is 4. The second-order valence-corrected chi connectivity index (χ2v) is 21.7. The van der Waals surface area contributed by atoms with E-state index >= 15 is 0 Å². The summed E-state index contributed by atoms with van der Waals surface area (Å²) >= 11 is 17.3. The van der Waals surface area contributed by atoms with Gasteiger partial charge in [-0.25, -0.2) is 28.7 Å². The van der Waals surface area contributed by atoms with Crippen LogP contribution in [0.25, 0.3) is 54.9 Å². The Balaban J connectivity index is 0.000000236. The van der Waals surface area contributed by atoms with Crippen molar-refractivity contribution in [3.63, 3.8) is 0 Å². The number of aryl methyl sites for hydroxylation is 2. The third kappa shape index (κ3) is 21.2. The molecule has 21 heteroatoms. The largest absolute Gasteiger partial charge is 0.508 e. The average molecular weight is 1270 g/mol. The number of fused-ring (bicyclic) bond motifs is 4. The van der Waals surface area contributed by atoms with Gasteiger partial charge in [0.25, 0.3) is 0 Å². The molecule has 8 heterocycles. The molecule has 2 aliphatic rings. The third-order valence-electron chi connectivity index (χ3n) is 13.3. The van der Waals surface area contributed by atoms with Crippen LogP contribution < -0.4 is 19.7 Å². The van der Waals surface area contributed by atoms with Crippen molar-refractivity contribution in [3.8, 4) is 34.3 Å². The number of hydrogen-bond donors (Lipinski definition) is 3. The highest BCUT2D eigenvalue weighted by molar-refractivity contribution is 6.62. The first-order valence-corrected chi connectivity index (χ1v) is 27.8. The average Bonchev–Trinajstić information content (AvgIpc) is 4.49. The van der Waals surface area contributed by atoms with Crippen LogP contribution in [0.15, 0.2) is 158 Å². The Morgan fingerprint density at radius 2 is 0.943 bits per heavy atom. The molecule has 2 aliphatic heterocycles. The molecule has 0 saturated carbocycles. The monoisotopic (exact) mass is 1260 g/mol. The summed E-state index contributed by atoms with van der Waals surface area (Å²) in [6, 6.07) is 43.9. The molecule has 12 rings (SSSR count). The Kier molecular flexibility index (Phi) is 28.1. The lowest BCUT2D eigenvalue weighted by Gasteiger charge is -2.32. The van der Waals surface area contributed by atoms with Gasteiger partial charge in [-0.3, -0.25) is 9.97 Å². The quantitative estimate of drug-likeness (QED) is 0.0560. The normalized spacial score (nSPS) is 14.6. The van der Waals surface area contributed by atoms with Crippen LogP contribution in [0.4, 0.5) is 8.78 Å². The van der Waals surface area contributed by atoms with Gasteiger partial charge in [0.15, 0.2) is 0 Å². The van der Waals surface area contributed by atoms with Crippen molar-refractivity contribution >= 4 is 91.0 Å². The predicted octanol–water partition coefficient (Wildman–Crippen LogP) is 15.4. The summed E-state index contributed by atoms with van der Waals surface area (Å²) in [7, 11) is -0.307. The van der Waals surface area contributed by atoms with Gasteiger partial charge < -0.3 is 43.6 Å². The van der Waals surface area contributed by atoms with E-state index in [4.69, 9.17) is 73.3 Å². The molecule has 88 heavy (non-hydrogen) atoms. The zero-order chi connectivity index (χ0) is 60.0. The minimum absolute atomic E-state index is 0. The second-order valence-electron chi connectivity index (χ2n) is 20.6. The maximum Gasteiger partial charge on any atom is 0.496 e. The summed E-state index contributed by atoms with van der Waals surface area (Å²) < 4.78 is 57.4. The molecule has 15 nitrogen and oxygen atoms in total. The number of aromatic nitrogens is 6. The minimum atomic E-state index is -1.10. The van der Waals surface area contributed by atoms with E-state index in [1.165, 1.54) is 0 Å². The maximum atomic E-state index is 12.2. The number of rotatable bonds is 13. The van der Waals surface area contributed by atoms with Crippen LogP contribution in [-0.4, -0.2) is 122 Å². The van der Waals surface area contributed by atoms with Gasteiger partial charge in [0, 0.05) is 56.4 Å². The van der Waals surface area contributed by atoms with E-state index in [-0.39, 0.29) is 73.1 Å². The number of nitrogens with zero attached hydrogens (tertiary/aromatic N) is 6. The summed E-state index contributed by atoms with van der Waals surface area (Å²) in [4.78, 5) is 25.6. The predicted molar refractivity (Wildman–Crippen MR) is 353 cm³/mol. The van der Waals surface area contributed by atoms with Crippen LogP contribution >= 0.6 is 34.8 Å². The molecule has 6 aromatic heterocycles. The molecule has 0 spiro atoms. The summed E-state index contributed by atoms with van der Waals surface area (Å²) in [5.41, 5.74) is 7.44. The van der Waals surface area contributed by atoms with Crippen LogP contribution in [0.2, 0.25) is 15.5 Å². The molecular formula is C67H78BCl3F2N6O9. The molecule has 0 bridgehead atoms. The van der Waals surface area contributed by atoms with Crippen molar-refractivity contribution in [2.45, 2.75) is 101 Å². The lowest BCUT2D eigenvalue weighted by atomic mass is 9.80. The van der Waals surface area contributed by atoms with Crippen molar-refractivity contribution in [3.05, 3.63) is 185 Å². The Hall–Kier alpha value is -7.39. The molecule has 2 saturated heterocycles. The highest BCUT2D eigenvalue weighted by Gasteiger charge is 2.51. The summed E-state index contributed by atoms with van der Waals surface area (Å²) in [5, 5.41) is 32.5.